The highest BCUT2D eigenvalue weighted by molar-refractivity contribution is 5.48. The van der Waals surface area contributed by atoms with Gasteiger partial charge < -0.3 is 9.59 Å². The van der Waals surface area contributed by atoms with E-state index in [1.54, 1.807) is 0 Å². The van der Waals surface area contributed by atoms with E-state index in [2.05, 4.69) is 55.6 Å². The third-order valence-electron chi connectivity index (χ3n) is 3.70. The molecule has 0 heterocycles. The standard InChI is InChI=1S/C19H24NO/c1-20(15-16-21,17-19-11-6-3-7-12-19)14-8-13-18-9-4-2-5-10-18/h2-13,21H,14-17H2,1H3/q+1/b13-8+/t20-/m1/s1. The maximum Gasteiger partial charge on any atom is 0.104 e. The van der Waals surface area contributed by atoms with Crippen LogP contribution in [0.3, 0.4) is 0 Å². The number of rotatable bonds is 7. The summed E-state index contributed by atoms with van der Waals surface area (Å²) >= 11 is 0. The molecule has 0 saturated heterocycles. The Bertz CT molecular complexity index is 550. The van der Waals surface area contributed by atoms with Crippen LogP contribution in [0.25, 0.3) is 6.08 Å². The van der Waals surface area contributed by atoms with Crippen LogP contribution in [0.5, 0.6) is 0 Å². The molecule has 0 radical (unpaired) electrons. The molecule has 2 aromatic rings. The molecule has 0 amide bonds. The summed E-state index contributed by atoms with van der Waals surface area (Å²) in [6, 6.07) is 20.8. The normalized spacial score (nSPS) is 14.2. The molecule has 110 valence electrons. The zero-order valence-electron chi connectivity index (χ0n) is 12.7. The number of aliphatic hydroxyl groups excluding tert-OH is 1. The molecule has 2 heteroatoms. The monoisotopic (exact) mass is 282 g/mol. The van der Waals surface area contributed by atoms with E-state index in [4.69, 9.17) is 0 Å². The molecule has 0 aromatic heterocycles. The van der Waals surface area contributed by atoms with Crippen LogP contribution in [0.2, 0.25) is 0 Å². The molecule has 21 heavy (non-hydrogen) atoms. The van der Waals surface area contributed by atoms with Gasteiger partial charge in [-0.05, 0) is 11.6 Å². The van der Waals surface area contributed by atoms with Gasteiger partial charge in [-0.15, -0.1) is 0 Å². The molecular weight excluding hydrogens is 258 g/mol. The van der Waals surface area contributed by atoms with E-state index in [-0.39, 0.29) is 6.61 Å². The first-order chi connectivity index (χ1) is 10.2. The second-order valence-corrected chi connectivity index (χ2v) is 5.71. The van der Waals surface area contributed by atoms with Crippen LogP contribution in [-0.4, -0.2) is 36.3 Å². The fourth-order valence-corrected chi connectivity index (χ4v) is 2.51. The Hall–Kier alpha value is -1.90. The predicted molar refractivity (Wildman–Crippen MR) is 88.6 cm³/mol. The minimum atomic E-state index is 0.211. The molecule has 0 saturated carbocycles. The lowest BCUT2D eigenvalue weighted by molar-refractivity contribution is -0.917. The molecule has 0 spiro atoms. The summed E-state index contributed by atoms with van der Waals surface area (Å²) in [5.74, 6) is 0. The van der Waals surface area contributed by atoms with Crippen molar-refractivity contribution >= 4 is 6.08 Å². The average molecular weight is 282 g/mol. The highest BCUT2D eigenvalue weighted by atomic mass is 16.3. The lowest BCUT2D eigenvalue weighted by atomic mass is 10.1. The van der Waals surface area contributed by atoms with Crippen LogP contribution in [0.1, 0.15) is 11.1 Å². The van der Waals surface area contributed by atoms with Crippen molar-refractivity contribution in [2.24, 2.45) is 0 Å². The lowest BCUT2D eigenvalue weighted by Gasteiger charge is -2.33. The van der Waals surface area contributed by atoms with Crippen molar-refractivity contribution in [2.75, 3.05) is 26.7 Å². The molecule has 1 atom stereocenters. The molecule has 2 nitrogen and oxygen atoms in total. The smallest absolute Gasteiger partial charge is 0.104 e. The van der Waals surface area contributed by atoms with E-state index in [0.717, 1.165) is 24.1 Å². The van der Waals surface area contributed by atoms with Gasteiger partial charge in [0.05, 0.1) is 20.2 Å². The Morgan fingerprint density at radius 3 is 2.19 bits per heavy atom. The van der Waals surface area contributed by atoms with Gasteiger partial charge in [-0.1, -0.05) is 66.7 Å². The van der Waals surface area contributed by atoms with E-state index in [9.17, 15) is 5.11 Å². The Labute approximate surface area is 127 Å². The minimum Gasteiger partial charge on any atom is -0.391 e. The summed E-state index contributed by atoms with van der Waals surface area (Å²) in [6.07, 6.45) is 4.35. The Morgan fingerprint density at radius 1 is 0.952 bits per heavy atom. The highest BCUT2D eigenvalue weighted by Gasteiger charge is 2.19. The minimum absolute atomic E-state index is 0.211. The molecule has 1 N–H and O–H groups in total. The van der Waals surface area contributed by atoms with Crippen molar-refractivity contribution in [3.8, 4) is 0 Å². The van der Waals surface area contributed by atoms with Gasteiger partial charge in [0.25, 0.3) is 0 Å². The SMILES string of the molecule is C[N@@+](C/C=C/c1ccccc1)(CCO)Cc1ccccc1. The van der Waals surface area contributed by atoms with Crippen LogP contribution in [-0.2, 0) is 6.54 Å². The van der Waals surface area contributed by atoms with E-state index in [1.165, 1.54) is 11.1 Å². The molecule has 0 bridgehead atoms. The third-order valence-corrected chi connectivity index (χ3v) is 3.70. The molecule has 0 fully saturated rings. The number of likely N-dealkylation sites (N-methyl/N-ethyl adjacent to an activating group) is 1. The number of aliphatic hydroxyl groups is 1. The van der Waals surface area contributed by atoms with E-state index < -0.39 is 0 Å². The van der Waals surface area contributed by atoms with Crippen LogP contribution in [0.15, 0.2) is 66.7 Å². The fourth-order valence-electron chi connectivity index (χ4n) is 2.51. The number of nitrogens with zero attached hydrogens (tertiary/aromatic N) is 1. The molecular formula is C19H24NO+. The summed E-state index contributed by atoms with van der Waals surface area (Å²) in [5, 5.41) is 9.36. The summed E-state index contributed by atoms with van der Waals surface area (Å²) in [6.45, 7) is 2.81. The van der Waals surface area contributed by atoms with Gasteiger partial charge in [0.15, 0.2) is 0 Å². The van der Waals surface area contributed by atoms with Crippen molar-refractivity contribution in [1.82, 2.24) is 0 Å². The maximum absolute atomic E-state index is 9.36. The number of hydrogen-bond acceptors (Lipinski definition) is 1. The molecule has 0 unspecified atom stereocenters. The van der Waals surface area contributed by atoms with E-state index in [0.29, 0.717) is 0 Å². The molecule has 0 aliphatic rings. The molecule has 2 aromatic carbocycles. The summed E-state index contributed by atoms with van der Waals surface area (Å²) < 4.78 is 0.809. The fraction of sp³-hybridized carbons (Fsp3) is 0.263. The lowest BCUT2D eigenvalue weighted by Crippen LogP contribution is -2.45. The summed E-state index contributed by atoms with van der Waals surface area (Å²) in [7, 11) is 2.19. The maximum atomic E-state index is 9.36. The topological polar surface area (TPSA) is 20.2 Å². The van der Waals surface area contributed by atoms with Gasteiger partial charge in [0.2, 0.25) is 0 Å². The van der Waals surface area contributed by atoms with Gasteiger partial charge in [0, 0.05) is 5.56 Å². The summed E-state index contributed by atoms with van der Waals surface area (Å²) in [4.78, 5) is 0. The zero-order chi connectivity index (χ0) is 15.0. The average Bonchev–Trinajstić information content (AvgIpc) is 2.49. The van der Waals surface area contributed by atoms with Crippen molar-refractivity contribution in [1.29, 1.82) is 0 Å². The number of benzene rings is 2. The van der Waals surface area contributed by atoms with Gasteiger partial charge in [-0.3, -0.25) is 0 Å². The highest BCUT2D eigenvalue weighted by Crippen LogP contribution is 2.12. The summed E-state index contributed by atoms with van der Waals surface area (Å²) in [5.41, 5.74) is 2.52. The first-order valence-electron chi connectivity index (χ1n) is 7.42. The first kappa shape index (κ1) is 15.5. The zero-order valence-corrected chi connectivity index (χ0v) is 12.7. The van der Waals surface area contributed by atoms with Gasteiger partial charge in [0.1, 0.15) is 13.1 Å². The second kappa shape index (κ2) is 7.77. The Balaban J connectivity index is 2.02. The Morgan fingerprint density at radius 2 is 1.57 bits per heavy atom. The van der Waals surface area contributed by atoms with Crippen molar-refractivity contribution < 1.29 is 9.59 Å². The van der Waals surface area contributed by atoms with Crippen molar-refractivity contribution in [2.45, 2.75) is 6.54 Å². The van der Waals surface area contributed by atoms with Crippen LogP contribution >= 0.6 is 0 Å². The van der Waals surface area contributed by atoms with Crippen molar-refractivity contribution in [3.05, 3.63) is 77.9 Å². The second-order valence-electron chi connectivity index (χ2n) is 5.71. The molecule has 0 aliphatic carbocycles. The van der Waals surface area contributed by atoms with Crippen LogP contribution in [0, 0.1) is 0 Å². The van der Waals surface area contributed by atoms with E-state index >= 15 is 0 Å². The predicted octanol–water partition coefficient (Wildman–Crippen LogP) is 3.34. The van der Waals surface area contributed by atoms with E-state index in [1.807, 2.05) is 24.3 Å². The van der Waals surface area contributed by atoms with Crippen LogP contribution in [0.4, 0.5) is 0 Å². The largest absolute Gasteiger partial charge is 0.391 e. The number of hydrogen-bond donors (Lipinski definition) is 1. The van der Waals surface area contributed by atoms with Gasteiger partial charge in [-0.25, -0.2) is 0 Å². The van der Waals surface area contributed by atoms with Crippen LogP contribution < -0.4 is 0 Å². The third kappa shape index (κ3) is 5.18. The van der Waals surface area contributed by atoms with Gasteiger partial charge >= 0.3 is 0 Å². The number of quaternary nitrogens is 1. The van der Waals surface area contributed by atoms with Gasteiger partial charge in [-0.2, -0.15) is 0 Å². The van der Waals surface area contributed by atoms with Crippen molar-refractivity contribution in [3.63, 3.8) is 0 Å². The molecule has 2 rings (SSSR count). The quantitative estimate of drug-likeness (QED) is 0.772. The first-order valence-corrected chi connectivity index (χ1v) is 7.42. The molecule has 0 aliphatic heterocycles. The Kier molecular flexibility index (Phi) is 5.73.